The number of unbranched alkanes of at least 4 members (excludes halogenated alkanes) is 1. The summed E-state index contributed by atoms with van der Waals surface area (Å²) >= 11 is 0. The molecular formula is C17H36O4. The molecule has 128 valence electrons. The quantitative estimate of drug-likeness (QED) is 0.338. The number of ether oxygens (including phenoxy) is 4. The molecule has 0 aliphatic rings. The van der Waals surface area contributed by atoms with Gasteiger partial charge in [-0.05, 0) is 31.1 Å². The smallest absolute Gasteiger partial charge is 0.157 e. The van der Waals surface area contributed by atoms with Gasteiger partial charge in [0, 0.05) is 14.2 Å². The number of hydrogen-bond acceptors (Lipinski definition) is 4. The molecular weight excluding hydrogens is 268 g/mol. The highest BCUT2D eigenvalue weighted by atomic mass is 16.7. The lowest BCUT2D eigenvalue weighted by Crippen LogP contribution is -2.22. The molecule has 0 aromatic carbocycles. The Hall–Kier alpha value is -0.160. The number of hydrogen-bond donors (Lipinski definition) is 0. The Balaban J connectivity index is 3.96. The van der Waals surface area contributed by atoms with Gasteiger partial charge in [-0.2, -0.15) is 0 Å². The Morgan fingerprint density at radius 3 is 1.81 bits per heavy atom. The monoisotopic (exact) mass is 304 g/mol. The van der Waals surface area contributed by atoms with Crippen molar-refractivity contribution in [2.45, 2.75) is 65.6 Å². The van der Waals surface area contributed by atoms with Crippen molar-refractivity contribution in [2.24, 2.45) is 5.41 Å². The zero-order valence-electron chi connectivity index (χ0n) is 14.8. The minimum absolute atomic E-state index is 0.141. The second-order valence-electron chi connectivity index (χ2n) is 6.32. The van der Waals surface area contributed by atoms with Crippen LogP contribution >= 0.6 is 0 Å². The second kappa shape index (κ2) is 13.5. The van der Waals surface area contributed by atoms with Crippen LogP contribution in [0.3, 0.4) is 0 Å². The fourth-order valence-electron chi connectivity index (χ4n) is 2.27. The molecule has 0 aliphatic carbocycles. The maximum absolute atomic E-state index is 5.72. The molecule has 0 radical (unpaired) electrons. The van der Waals surface area contributed by atoms with Gasteiger partial charge in [0.1, 0.15) is 0 Å². The average molecular weight is 304 g/mol. The fourth-order valence-corrected chi connectivity index (χ4v) is 2.27. The van der Waals surface area contributed by atoms with Crippen LogP contribution in [-0.2, 0) is 18.9 Å². The lowest BCUT2D eigenvalue weighted by atomic mass is 9.82. The Morgan fingerprint density at radius 1 is 0.810 bits per heavy atom. The second-order valence-corrected chi connectivity index (χ2v) is 6.32. The van der Waals surface area contributed by atoms with Crippen molar-refractivity contribution in [1.29, 1.82) is 0 Å². The predicted molar refractivity (Wildman–Crippen MR) is 86.6 cm³/mol. The van der Waals surface area contributed by atoms with Crippen LogP contribution in [0, 0.1) is 5.41 Å². The molecule has 0 fully saturated rings. The van der Waals surface area contributed by atoms with E-state index in [1.807, 2.05) is 0 Å². The van der Waals surface area contributed by atoms with Gasteiger partial charge in [0.2, 0.25) is 0 Å². The summed E-state index contributed by atoms with van der Waals surface area (Å²) in [4.78, 5) is 0. The first kappa shape index (κ1) is 20.8. The molecule has 0 amide bonds. The first-order valence-electron chi connectivity index (χ1n) is 8.27. The van der Waals surface area contributed by atoms with E-state index in [2.05, 4.69) is 20.8 Å². The molecule has 0 saturated carbocycles. The third kappa shape index (κ3) is 13.2. The Kier molecular flexibility index (Phi) is 13.4. The third-order valence-corrected chi connectivity index (χ3v) is 3.68. The van der Waals surface area contributed by atoms with Gasteiger partial charge >= 0.3 is 0 Å². The Labute approximate surface area is 131 Å². The summed E-state index contributed by atoms with van der Waals surface area (Å²) in [5.41, 5.74) is 0.416. The lowest BCUT2D eigenvalue weighted by molar-refractivity contribution is -0.159. The molecule has 21 heavy (non-hydrogen) atoms. The van der Waals surface area contributed by atoms with Crippen LogP contribution in [0.5, 0.6) is 0 Å². The van der Waals surface area contributed by atoms with Gasteiger partial charge in [-0.25, -0.2) is 0 Å². The van der Waals surface area contributed by atoms with E-state index in [0.29, 0.717) is 31.8 Å². The molecule has 0 heterocycles. The van der Waals surface area contributed by atoms with Crippen molar-refractivity contribution in [3.05, 3.63) is 0 Å². The minimum Gasteiger partial charge on any atom is -0.382 e. The molecule has 0 N–H and O–H groups in total. The van der Waals surface area contributed by atoms with Crippen LogP contribution in [0.2, 0.25) is 0 Å². The number of methoxy groups -OCH3 is 2. The number of rotatable bonds is 15. The van der Waals surface area contributed by atoms with Gasteiger partial charge in [0.15, 0.2) is 6.29 Å². The van der Waals surface area contributed by atoms with E-state index in [1.54, 1.807) is 14.2 Å². The third-order valence-electron chi connectivity index (χ3n) is 3.68. The zero-order valence-corrected chi connectivity index (χ0v) is 14.8. The van der Waals surface area contributed by atoms with Crippen LogP contribution in [-0.4, -0.2) is 46.9 Å². The van der Waals surface area contributed by atoms with Crippen LogP contribution in [0.1, 0.15) is 59.3 Å². The summed E-state index contributed by atoms with van der Waals surface area (Å²) in [5.74, 6) is 0. The summed E-state index contributed by atoms with van der Waals surface area (Å²) < 4.78 is 21.5. The highest BCUT2D eigenvalue weighted by Gasteiger charge is 2.18. The Bertz CT molecular complexity index is 209. The van der Waals surface area contributed by atoms with E-state index < -0.39 is 0 Å². The SMILES string of the molecule is CCCCC(C)(C)CCCC(OCCOC)OCCOC. The van der Waals surface area contributed by atoms with Gasteiger partial charge < -0.3 is 18.9 Å². The van der Waals surface area contributed by atoms with Crippen LogP contribution in [0.4, 0.5) is 0 Å². The van der Waals surface area contributed by atoms with E-state index in [-0.39, 0.29) is 6.29 Å². The molecule has 0 unspecified atom stereocenters. The predicted octanol–water partition coefficient (Wildman–Crippen LogP) is 4.03. The van der Waals surface area contributed by atoms with Gasteiger partial charge in [-0.15, -0.1) is 0 Å². The standard InChI is InChI=1S/C17H36O4/c1-6-7-10-17(2,3)11-8-9-16(20-14-12-18-4)21-15-13-19-5/h16H,6-15H2,1-5H3. The summed E-state index contributed by atoms with van der Waals surface area (Å²) in [7, 11) is 3.36. The van der Waals surface area contributed by atoms with Crippen LogP contribution in [0.25, 0.3) is 0 Å². The van der Waals surface area contributed by atoms with Crippen LogP contribution < -0.4 is 0 Å². The Morgan fingerprint density at radius 2 is 1.33 bits per heavy atom. The maximum atomic E-state index is 5.72. The van der Waals surface area contributed by atoms with Gasteiger partial charge in [-0.1, -0.05) is 33.6 Å². The molecule has 4 nitrogen and oxygen atoms in total. The normalized spacial score (nSPS) is 12.3. The van der Waals surface area contributed by atoms with Crippen molar-refractivity contribution in [3.8, 4) is 0 Å². The average Bonchev–Trinajstić information content (AvgIpc) is 2.45. The van der Waals surface area contributed by atoms with Crippen molar-refractivity contribution < 1.29 is 18.9 Å². The van der Waals surface area contributed by atoms with Gasteiger partial charge in [-0.3, -0.25) is 0 Å². The minimum atomic E-state index is -0.141. The highest BCUT2D eigenvalue weighted by molar-refractivity contribution is 4.68. The van der Waals surface area contributed by atoms with Crippen LogP contribution in [0.15, 0.2) is 0 Å². The van der Waals surface area contributed by atoms with Crippen molar-refractivity contribution in [3.63, 3.8) is 0 Å². The molecule has 0 spiro atoms. The van der Waals surface area contributed by atoms with Crippen molar-refractivity contribution in [2.75, 3.05) is 40.6 Å². The van der Waals surface area contributed by atoms with E-state index in [1.165, 1.54) is 25.7 Å². The molecule has 0 aliphatic heterocycles. The first-order valence-corrected chi connectivity index (χ1v) is 8.27. The van der Waals surface area contributed by atoms with Gasteiger partial charge in [0.25, 0.3) is 0 Å². The van der Waals surface area contributed by atoms with E-state index in [9.17, 15) is 0 Å². The summed E-state index contributed by atoms with van der Waals surface area (Å²) in [6, 6.07) is 0. The van der Waals surface area contributed by atoms with E-state index >= 15 is 0 Å². The zero-order chi connectivity index (χ0) is 16.0. The molecule has 0 bridgehead atoms. The molecule has 0 aromatic rings. The topological polar surface area (TPSA) is 36.9 Å². The van der Waals surface area contributed by atoms with E-state index in [0.717, 1.165) is 12.8 Å². The highest BCUT2D eigenvalue weighted by Crippen LogP contribution is 2.30. The fraction of sp³-hybridized carbons (Fsp3) is 1.00. The molecule has 0 rings (SSSR count). The molecule has 0 saturated heterocycles. The summed E-state index contributed by atoms with van der Waals surface area (Å²) in [5, 5.41) is 0. The summed E-state index contributed by atoms with van der Waals surface area (Å²) in [6.45, 7) is 9.32. The molecule has 0 aromatic heterocycles. The largest absolute Gasteiger partial charge is 0.382 e. The van der Waals surface area contributed by atoms with Crippen molar-refractivity contribution >= 4 is 0 Å². The molecule has 4 heteroatoms. The maximum Gasteiger partial charge on any atom is 0.157 e. The molecule has 0 atom stereocenters. The van der Waals surface area contributed by atoms with Crippen molar-refractivity contribution in [1.82, 2.24) is 0 Å². The van der Waals surface area contributed by atoms with Gasteiger partial charge in [0.05, 0.1) is 26.4 Å². The van der Waals surface area contributed by atoms with E-state index in [4.69, 9.17) is 18.9 Å². The first-order chi connectivity index (χ1) is 10.1. The lowest BCUT2D eigenvalue weighted by Gasteiger charge is -2.26. The summed E-state index contributed by atoms with van der Waals surface area (Å²) in [6.07, 6.45) is 7.01.